The van der Waals surface area contributed by atoms with E-state index in [0.29, 0.717) is 10.7 Å². The molecule has 0 amide bonds. The van der Waals surface area contributed by atoms with Crippen LogP contribution in [0, 0.1) is 0 Å². The Morgan fingerprint density at radius 1 is 0.611 bits per heavy atom. The molecule has 0 bridgehead atoms. The summed E-state index contributed by atoms with van der Waals surface area (Å²) in [6.45, 7) is 0. The van der Waals surface area contributed by atoms with Gasteiger partial charge in [-0.25, -0.2) is 15.0 Å². The molecule has 2 heterocycles. The van der Waals surface area contributed by atoms with E-state index in [1.807, 2.05) is 42.5 Å². The minimum Gasteiger partial charge on any atom is -0.242 e. The number of rotatable bonds is 3. The van der Waals surface area contributed by atoms with Gasteiger partial charge in [0, 0.05) is 16.8 Å². The lowest BCUT2D eigenvalue weighted by Gasteiger charge is -2.34. The Kier molecular flexibility index (Phi) is 4.73. The summed E-state index contributed by atoms with van der Waals surface area (Å²) in [6.07, 6.45) is 1.77. The van der Waals surface area contributed by atoms with Crippen molar-refractivity contribution in [3.8, 4) is 22.4 Å². The molecule has 1 aliphatic rings. The highest BCUT2D eigenvalue weighted by Gasteiger charge is 2.49. The van der Waals surface area contributed by atoms with Crippen molar-refractivity contribution in [3.63, 3.8) is 0 Å². The standard InChI is InChI=1S/C32H20ClN3/c33-23-17-18-27-25(20-23)24-14-7-8-15-26(24)32(27,22-12-5-2-6-13-22)30-29(21-10-3-1-4-11-21)35-28-16-9-19-34-31(28)36-30/h1-20H. The van der Waals surface area contributed by atoms with Crippen LogP contribution in [-0.2, 0) is 5.41 Å². The first-order chi connectivity index (χ1) is 17.8. The molecule has 3 nitrogen and oxygen atoms in total. The van der Waals surface area contributed by atoms with Gasteiger partial charge in [-0.05, 0) is 52.1 Å². The van der Waals surface area contributed by atoms with Crippen molar-refractivity contribution < 1.29 is 0 Å². The Bertz CT molecular complexity index is 1750. The molecule has 1 aliphatic carbocycles. The van der Waals surface area contributed by atoms with E-state index < -0.39 is 5.41 Å². The van der Waals surface area contributed by atoms with Gasteiger partial charge in [-0.1, -0.05) is 103 Å². The molecule has 1 unspecified atom stereocenters. The third kappa shape index (κ3) is 2.96. The fourth-order valence-electron chi connectivity index (χ4n) is 5.60. The second-order valence-corrected chi connectivity index (χ2v) is 9.42. The first-order valence-electron chi connectivity index (χ1n) is 11.9. The van der Waals surface area contributed by atoms with Crippen LogP contribution < -0.4 is 0 Å². The van der Waals surface area contributed by atoms with Crippen LogP contribution in [0.1, 0.15) is 22.4 Å². The van der Waals surface area contributed by atoms with E-state index in [4.69, 9.17) is 21.6 Å². The molecular weight excluding hydrogens is 462 g/mol. The molecule has 6 aromatic rings. The van der Waals surface area contributed by atoms with E-state index in [-0.39, 0.29) is 0 Å². The molecule has 4 heteroatoms. The number of fused-ring (bicyclic) bond motifs is 4. The monoisotopic (exact) mass is 481 g/mol. The van der Waals surface area contributed by atoms with Crippen LogP contribution in [-0.4, -0.2) is 15.0 Å². The zero-order valence-electron chi connectivity index (χ0n) is 19.3. The summed E-state index contributed by atoms with van der Waals surface area (Å²) in [4.78, 5) is 15.1. The molecule has 0 saturated carbocycles. The van der Waals surface area contributed by atoms with Gasteiger partial charge >= 0.3 is 0 Å². The average molecular weight is 482 g/mol. The summed E-state index contributed by atoms with van der Waals surface area (Å²) >= 11 is 6.54. The van der Waals surface area contributed by atoms with E-state index in [9.17, 15) is 0 Å². The Labute approximate surface area is 214 Å². The van der Waals surface area contributed by atoms with Crippen LogP contribution in [0.5, 0.6) is 0 Å². The largest absolute Gasteiger partial charge is 0.242 e. The number of hydrogen-bond donors (Lipinski definition) is 0. The van der Waals surface area contributed by atoms with Crippen LogP contribution in [0.25, 0.3) is 33.5 Å². The fraction of sp³-hybridized carbons (Fsp3) is 0.0312. The van der Waals surface area contributed by atoms with Gasteiger partial charge in [-0.2, -0.15) is 0 Å². The minimum atomic E-state index is -0.693. The van der Waals surface area contributed by atoms with Crippen LogP contribution in [0.3, 0.4) is 0 Å². The van der Waals surface area contributed by atoms with Crippen molar-refractivity contribution in [1.82, 2.24) is 15.0 Å². The van der Waals surface area contributed by atoms with Crippen LogP contribution in [0.4, 0.5) is 0 Å². The molecule has 2 aromatic heterocycles. The van der Waals surface area contributed by atoms with Gasteiger partial charge in [-0.15, -0.1) is 0 Å². The highest BCUT2D eigenvalue weighted by molar-refractivity contribution is 6.31. The molecule has 0 saturated heterocycles. The maximum Gasteiger partial charge on any atom is 0.178 e. The van der Waals surface area contributed by atoms with E-state index >= 15 is 0 Å². The second kappa shape index (κ2) is 8.11. The summed E-state index contributed by atoms with van der Waals surface area (Å²) in [5.74, 6) is 0. The predicted octanol–water partition coefficient (Wildman–Crippen LogP) is 7.71. The van der Waals surface area contributed by atoms with Gasteiger partial charge < -0.3 is 0 Å². The highest BCUT2D eigenvalue weighted by atomic mass is 35.5. The lowest BCUT2D eigenvalue weighted by molar-refractivity contribution is 0.736. The van der Waals surface area contributed by atoms with Gasteiger partial charge in [0.25, 0.3) is 0 Å². The third-order valence-corrected chi connectivity index (χ3v) is 7.29. The molecule has 0 radical (unpaired) electrons. The molecule has 0 fully saturated rings. The molecule has 4 aromatic carbocycles. The van der Waals surface area contributed by atoms with Gasteiger partial charge in [0.2, 0.25) is 0 Å². The van der Waals surface area contributed by atoms with Gasteiger partial charge in [0.1, 0.15) is 5.52 Å². The highest BCUT2D eigenvalue weighted by Crippen LogP contribution is 2.57. The number of nitrogens with zero attached hydrogens (tertiary/aromatic N) is 3. The van der Waals surface area contributed by atoms with E-state index in [1.165, 1.54) is 0 Å². The molecule has 0 aliphatic heterocycles. The molecule has 36 heavy (non-hydrogen) atoms. The lowest BCUT2D eigenvalue weighted by atomic mass is 9.69. The number of pyridine rings is 1. The second-order valence-electron chi connectivity index (χ2n) is 8.98. The smallest absolute Gasteiger partial charge is 0.178 e. The minimum absolute atomic E-state index is 0.627. The zero-order valence-corrected chi connectivity index (χ0v) is 20.0. The van der Waals surface area contributed by atoms with Crippen molar-refractivity contribution >= 4 is 22.8 Å². The summed E-state index contributed by atoms with van der Waals surface area (Å²) in [6, 6.07) is 39.5. The third-order valence-electron chi connectivity index (χ3n) is 7.06. The molecule has 1 atom stereocenters. The number of benzene rings is 4. The molecular formula is C32H20ClN3. The maximum absolute atomic E-state index is 6.54. The maximum atomic E-state index is 6.54. The van der Waals surface area contributed by atoms with Crippen LogP contribution >= 0.6 is 11.6 Å². The van der Waals surface area contributed by atoms with Gasteiger partial charge in [0.05, 0.1) is 16.8 Å². The van der Waals surface area contributed by atoms with Gasteiger partial charge in [0.15, 0.2) is 5.65 Å². The van der Waals surface area contributed by atoms with Crippen LogP contribution in [0.15, 0.2) is 121 Å². The Balaban J connectivity index is 1.71. The van der Waals surface area contributed by atoms with Crippen molar-refractivity contribution in [3.05, 3.63) is 149 Å². The first-order valence-corrected chi connectivity index (χ1v) is 12.3. The summed E-state index contributed by atoms with van der Waals surface area (Å²) in [7, 11) is 0. The van der Waals surface area contributed by atoms with E-state index in [0.717, 1.165) is 50.3 Å². The number of hydrogen-bond acceptors (Lipinski definition) is 3. The van der Waals surface area contributed by atoms with Crippen molar-refractivity contribution in [2.24, 2.45) is 0 Å². The zero-order chi connectivity index (χ0) is 24.1. The Morgan fingerprint density at radius 3 is 2.17 bits per heavy atom. The van der Waals surface area contributed by atoms with Crippen molar-refractivity contribution in [2.45, 2.75) is 5.41 Å². The molecule has 170 valence electrons. The fourth-order valence-corrected chi connectivity index (χ4v) is 5.77. The summed E-state index contributed by atoms with van der Waals surface area (Å²) < 4.78 is 0. The summed E-state index contributed by atoms with van der Waals surface area (Å²) in [5.41, 5.74) is 9.12. The number of aromatic nitrogens is 3. The first kappa shape index (κ1) is 21.0. The topological polar surface area (TPSA) is 38.7 Å². The van der Waals surface area contributed by atoms with Crippen molar-refractivity contribution in [2.75, 3.05) is 0 Å². The van der Waals surface area contributed by atoms with Gasteiger partial charge in [-0.3, -0.25) is 0 Å². The van der Waals surface area contributed by atoms with E-state index in [1.54, 1.807) is 6.20 Å². The van der Waals surface area contributed by atoms with Crippen molar-refractivity contribution in [1.29, 1.82) is 0 Å². The van der Waals surface area contributed by atoms with Crippen LogP contribution in [0.2, 0.25) is 5.02 Å². The Hall–Kier alpha value is -4.34. The molecule has 0 spiro atoms. The Morgan fingerprint density at radius 2 is 1.33 bits per heavy atom. The summed E-state index contributed by atoms with van der Waals surface area (Å²) in [5, 5.41) is 0.710. The molecule has 0 N–H and O–H groups in total. The quantitative estimate of drug-likeness (QED) is 0.259. The predicted molar refractivity (Wildman–Crippen MR) is 145 cm³/mol. The average Bonchev–Trinajstić information content (AvgIpc) is 3.23. The number of halogens is 1. The SMILES string of the molecule is Clc1ccc2c(c1)-c1ccccc1C2(c1ccccc1)c1nc2ncccc2nc1-c1ccccc1. The van der Waals surface area contributed by atoms with E-state index in [2.05, 4.69) is 77.8 Å². The lowest BCUT2D eigenvalue weighted by Crippen LogP contribution is -2.31. The molecule has 7 rings (SSSR count). The normalized spacial score (nSPS) is 16.0.